The number of esters is 1. The largest absolute Gasteiger partial charge is 0.454 e. The molecule has 0 bridgehead atoms. The van der Waals surface area contributed by atoms with Gasteiger partial charge in [-0.05, 0) is 32.8 Å². The smallest absolute Gasteiger partial charge is 0.309 e. The highest BCUT2D eigenvalue weighted by atomic mass is 16.5. The van der Waals surface area contributed by atoms with E-state index in [9.17, 15) is 9.59 Å². The second-order valence-electron chi connectivity index (χ2n) is 6.10. The van der Waals surface area contributed by atoms with Crippen LogP contribution in [0.5, 0.6) is 0 Å². The Kier molecular flexibility index (Phi) is 4.01. The van der Waals surface area contributed by atoms with E-state index in [1.54, 1.807) is 6.92 Å². The quantitative estimate of drug-likeness (QED) is 0.690. The Morgan fingerprint density at radius 3 is 2.64 bits per heavy atom. The number of para-hydroxylation sites is 1. The lowest BCUT2D eigenvalue weighted by Crippen LogP contribution is -2.27. The summed E-state index contributed by atoms with van der Waals surface area (Å²) in [6.07, 6.45) is 3.16. The van der Waals surface area contributed by atoms with Crippen LogP contribution in [0.3, 0.4) is 0 Å². The molecule has 1 aliphatic carbocycles. The van der Waals surface area contributed by atoms with Crippen LogP contribution in [0.4, 0.5) is 0 Å². The van der Waals surface area contributed by atoms with Gasteiger partial charge in [0, 0.05) is 22.2 Å². The molecule has 4 nitrogen and oxygen atoms in total. The van der Waals surface area contributed by atoms with Gasteiger partial charge in [-0.2, -0.15) is 0 Å². The van der Waals surface area contributed by atoms with E-state index in [0.29, 0.717) is 5.56 Å². The van der Waals surface area contributed by atoms with Crippen LogP contribution in [0.25, 0.3) is 10.9 Å². The maximum atomic E-state index is 12.7. The number of ether oxygens (including phenoxy) is 1. The van der Waals surface area contributed by atoms with Gasteiger partial charge in [0.1, 0.15) is 0 Å². The molecule has 0 amide bonds. The Bertz CT molecular complexity index is 710. The lowest BCUT2D eigenvalue weighted by Gasteiger charge is -2.15. The average Bonchev–Trinajstić information content (AvgIpc) is 3.13. The number of aromatic amines is 1. The maximum Gasteiger partial charge on any atom is 0.309 e. The third kappa shape index (κ3) is 2.65. The van der Waals surface area contributed by atoms with Crippen LogP contribution >= 0.6 is 0 Å². The molecule has 22 heavy (non-hydrogen) atoms. The van der Waals surface area contributed by atoms with E-state index in [4.69, 9.17) is 4.74 Å². The van der Waals surface area contributed by atoms with E-state index in [-0.39, 0.29) is 17.7 Å². The number of nitrogens with one attached hydrogen (secondary N) is 1. The minimum atomic E-state index is -0.744. The number of benzene rings is 1. The summed E-state index contributed by atoms with van der Waals surface area (Å²) in [5, 5.41) is 0.883. The molecule has 1 aromatic heterocycles. The molecule has 2 aromatic rings. The Morgan fingerprint density at radius 2 is 1.91 bits per heavy atom. The molecule has 0 saturated heterocycles. The summed E-state index contributed by atoms with van der Waals surface area (Å²) in [4.78, 5) is 28.0. The molecule has 116 valence electrons. The number of Topliss-reactive ketones (excluding diaryl/α,β-unsaturated/α-hetero) is 1. The van der Waals surface area contributed by atoms with Crippen LogP contribution in [0.1, 0.15) is 48.7 Å². The number of carbonyl (C=O) groups excluding carboxylic acids is 2. The Labute approximate surface area is 129 Å². The van der Waals surface area contributed by atoms with Crippen LogP contribution in [0, 0.1) is 12.8 Å². The molecular formula is C18H21NO3. The van der Waals surface area contributed by atoms with E-state index < -0.39 is 6.10 Å². The van der Waals surface area contributed by atoms with Crippen molar-refractivity contribution >= 4 is 22.7 Å². The van der Waals surface area contributed by atoms with Crippen molar-refractivity contribution in [1.29, 1.82) is 0 Å². The van der Waals surface area contributed by atoms with Crippen molar-refractivity contribution in [3.05, 3.63) is 35.5 Å². The highest BCUT2D eigenvalue weighted by molar-refractivity contribution is 6.11. The SMILES string of the molecule is Cc1[nH]c2ccccc2c1C(=O)[C@@H](C)OC(=O)C1CCCC1. The number of hydrogen-bond acceptors (Lipinski definition) is 3. The standard InChI is InChI=1S/C18H21NO3/c1-11-16(14-9-5-6-10-15(14)19-11)17(20)12(2)22-18(21)13-7-3-4-8-13/h5-6,9-10,12-13,19H,3-4,7-8H2,1-2H3/t12-/m1/s1. The summed E-state index contributed by atoms with van der Waals surface area (Å²) in [5.74, 6) is -0.392. The number of ketones is 1. The van der Waals surface area contributed by atoms with Gasteiger partial charge in [0.05, 0.1) is 5.92 Å². The Morgan fingerprint density at radius 1 is 1.23 bits per heavy atom. The third-order valence-electron chi connectivity index (χ3n) is 4.49. The van der Waals surface area contributed by atoms with Crippen LogP contribution in [0.15, 0.2) is 24.3 Å². The summed E-state index contributed by atoms with van der Waals surface area (Å²) in [5.41, 5.74) is 2.37. The lowest BCUT2D eigenvalue weighted by molar-refractivity contribution is -0.151. The van der Waals surface area contributed by atoms with Crippen molar-refractivity contribution in [1.82, 2.24) is 4.98 Å². The van der Waals surface area contributed by atoms with Gasteiger partial charge in [0.15, 0.2) is 6.10 Å². The van der Waals surface area contributed by atoms with Gasteiger partial charge in [-0.1, -0.05) is 31.0 Å². The number of fused-ring (bicyclic) bond motifs is 1. The van der Waals surface area contributed by atoms with Crippen molar-refractivity contribution in [2.75, 3.05) is 0 Å². The molecule has 0 unspecified atom stereocenters. The van der Waals surface area contributed by atoms with Gasteiger partial charge >= 0.3 is 5.97 Å². The molecule has 1 heterocycles. The fourth-order valence-corrected chi connectivity index (χ4v) is 3.28. The van der Waals surface area contributed by atoms with Gasteiger partial charge in [-0.25, -0.2) is 0 Å². The normalized spacial score (nSPS) is 16.8. The van der Waals surface area contributed by atoms with Gasteiger partial charge < -0.3 is 9.72 Å². The number of H-pyrrole nitrogens is 1. The zero-order chi connectivity index (χ0) is 15.7. The first-order chi connectivity index (χ1) is 10.6. The monoisotopic (exact) mass is 299 g/mol. The highest BCUT2D eigenvalue weighted by Crippen LogP contribution is 2.27. The fourth-order valence-electron chi connectivity index (χ4n) is 3.28. The molecule has 1 aromatic carbocycles. The van der Waals surface area contributed by atoms with E-state index in [1.807, 2.05) is 31.2 Å². The topological polar surface area (TPSA) is 59.2 Å². The minimum Gasteiger partial charge on any atom is -0.454 e. The predicted octanol–water partition coefficient (Wildman–Crippen LogP) is 3.78. The number of carbonyl (C=O) groups is 2. The van der Waals surface area contributed by atoms with Crippen LogP contribution in [0.2, 0.25) is 0 Å². The molecule has 0 aliphatic heterocycles. The van der Waals surface area contributed by atoms with Crippen molar-refractivity contribution in [2.24, 2.45) is 5.92 Å². The molecule has 1 aliphatic rings. The van der Waals surface area contributed by atoms with Gasteiger partial charge in [0.2, 0.25) is 5.78 Å². The summed E-state index contributed by atoms with van der Waals surface area (Å²) >= 11 is 0. The molecule has 3 rings (SSSR count). The molecule has 1 atom stereocenters. The first-order valence-corrected chi connectivity index (χ1v) is 7.90. The number of hydrogen-bond donors (Lipinski definition) is 1. The first-order valence-electron chi connectivity index (χ1n) is 7.90. The first kappa shape index (κ1) is 14.8. The van der Waals surface area contributed by atoms with Gasteiger partial charge in [-0.15, -0.1) is 0 Å². The molecule has 0 radical (unpaired) electrons. The van der Waals surface area contributed by atoms with Gasteiger partial charge in [0.25, 0.3) is 0 Å². The fraction of sp³-hybridized carbons (Fsp3) is 0.444. The molecule has 1 saturated carbocycles. The van der Waals surface area contributed by atoms with E-state index in [2.05, 4.69) is 4.98 Å². The van der Waals surface area contributed by atoms with Crippen molar-refractivity contribution in [3.63, 3.8) is 0 Å². The van der Waals surface area contributed by atoms with Crippen molar-refractivity contribution in [2.45, 2.75) is 45.6 Å². The molecule has 1 fully saturated rings. The number of rotatable bonds is 4. The Balaban J connectivity index is 1.79. The van der Waals surface area contributed by atoms with E-state index in [0.717, 1.165) is 42.3 Å². The third-order valence-corrected chi connectivity index (χ3v) is 4.49. The maximum absolute atomic E-state index is 12.7. The molecular weight excluding hydrogens is 278 g/mol. The highest BCUT2D eigenvalue weighted by Gasteiger charge is 2.29. The lowest BCUT2D eigenvalue weighted by atomic mass is 10.0. The van der Waals surface area contributed by atoms with Crippen LogP contribution in [-0.2, 0) is 9.53 Å². The molecule has 4 heteroatoms. The summed E-state index contributed by atoms with van der Waals surface area (Å²) in [7, 11) is 0. The molecule has 1 N–H and O–H groups in total. The zero-order valence-corrected chi connectivity index (χ0v) is 13.0. The predicted molar refractivity (Wildman–Crippen MR) is 84.9 cm³/mol. The Hall–Kier alpha value is -2.10. The second-order valence-corrected chi connectivity index (χ2v) is 6.10. The van der Waals surface area contributed by atoms with Crippen LogP contribution in [-0.4, -0.2) is 22.8 Å². The van der Waals surface area contributed by atoms with E-state index >= 15 is 0 Å². The molecule has 0 spiro atoms. The minimum absolute atomic E-state index is 0.0284. The van der Waals surface area contributed by atoms with Crippen molar-refractivity contribution in [3.8, 4) is 0 Å². The number of aromatic nitrogens is 1. The zero-order valence-electron chi connectivity index (χ0n) is 13.0. The van der Waals surface area contributed by atoms with E-state index in [1.165, 1.54) is 0 Å². The summed E-state index contributed by atoms with van der Waals surface area (Å²) in [6.45, 7) is 3.54. The average molecular weight is 299 g/mol. The summed E-state index contributed by atoms with van der Waals surface area (Å²) < 4.78 is 5.42. The van der Waals surface area contributed by atoms with Gasteiger partial charge in [-0.3, -0.25) is 9.59 Å². The van der Waals surface area contributed by atoms with Crippen molar-refractivity contribution < 1.29 is 14.3 Å². The second kappa shape index (κ2) is 5.95. The number of aryl methyl sites for hydroxylation is 1. The summed E-state index contributed by atoms with van der Waals surface area (Å²) in [6, 6.07) is 7.68. The van der Waals surface area contributed by atoms with Crippen LogP contribution < -0.4 is 0 Å².